The molecule has 0 saturated carbocycles. The van der Waals surface area contributed by atoms with Gasteiger partial charge >= 0.3 is 0 Å². The second-order valence-electron chi connectivity index (χ2n) is 7.46. The summed E-state index contributed by atoms with van der Waals surface area (Å²) in [5.74, 6) is 1.21. The van der Waals surface area contributed by atoms with E-state index in [4.69, 9.17) is 26.4 Å². The van der Waals surface area contributed by atoms with Crippen molar-refractivity contribution in [1.82, 2.24) is 5.32 Å². The number of hydrogen-bond donors (Lipinski definition) is 2. The summed E-state index contributed by atoms with van der Waals surface area (Å²) >= 11 is 5.29. The zero-order valence-electron chi connectivity index (χ0n) is 17.9. The van der Waals surface area contributed by atoms with Crippen molar-refractivity contribution >= 4 is 28.9 Å². The lowest BCUT2D eigenvalue weighted by Gasteiger charge is -2.13. The van der Waals surface area contributed by atoms with Crippen LogP contribution in [-0.2, 0) is 4.74 Å². The lowest BCUT2D eigenvalue weighted by molar-refractivity contribution is 0.0680. The molecule has 0 radical (unpaired) electrons. The number of anilines is 1. The van der Waals surface area contributed by atoms with Crippen molar-refractivity contribution in [2.45, 2.75) is 45.1 Å². The second-order valence-corrected chi connectivity index (χ2v) is 7.87. The predicted octanol–water partition coefficient (Wildman–Crippen LogP) is 4.94. The van der Waals surface area contributed by atoms with Crippen molar-refractivity contribution in [3.63, 3.8) is 0 Å². The van der Waals surface area contributed by atoms with Crippen LogP contribution in [0, 0.1) is 0 Å². The molecule has 0 aromatic heterocycles. The smallest absolute Gasteiger partial charge is 0.257 e. The highest BCUT2D eigenvalue weighted by Crippen LogP contribution is 2.20. The molecule has 1 unspecified atom stereocenters. The van der Waals surface area contributed by atoms with E-state index in [-0.39, 0.29) is 17.1 Å². The fraction of sp³-hybridized carbons (Fsp3) is 0.417. The van der Waals surface area contributed by atoms with E-state index < -0.39 is 0 Å². The molecule has 0 aliphatic carbocycles. The van der Waals surface area contributed by atoms with E-state index in [9.17, 15) is 4.79 Å². The standard InChI is InChI=1S/C24H30N2O4S/c1-2-3-4-14-28-20-12-10-18(11-13-20)23(27)26-24(31)25-19-7-5-8-21(16-19)30-17-22-9-6-15-29-22/h5,7-8,10-13,16,22H,2-4,6,9,14-15,17H2,1H3,(H2,25,26,27,31). The number of carbonyl (C=O) groups is 1. The number of amides is 1. The third kappa shape index (κ3) is 7.84. The number of unbranched alkanes of at least 4 members (excludes halogenated alkanes) is 2. The maximum Gasteiger partial charge on any atom is 0.257 e. The Morgan fingerprint density at radius 1 is 1.13 bits per heavy atom. The Morgan fingerprint density at radius 2 is 1.97 bits per heavy atom. The van der Waals surface area contributed by atoms with Crippen LogP contribution < -0.4 is 20.1 Å². The average molecular weight is 443 g/mol. The van der Waals surface area contributed by atoms with Crippen molar-refractivity contribution in [3.05, 3.63) is 54.1 Å². The van der Waals surface area contributed by atoms with Gasteiger partial charge in [-0.15, -0.1) is 0 Å². The maximum atomic E-state index is 12.5. The van der Waals surface area contributed by atoms with Crippen LogP contribution in [0.2, 0.25) is 0 Å². The third-order valence-electron chi connectivity index (χ3n) is 4.91. The van der Waals surface area contributed by atoms with Crippen molar-refractivity contribution in [3.8, 4) is 11.5 Å². The van der Waals surface area contributed by atoms with Crippen LogP contribution in [0.25, 0.3) is 0 Å². The lowest BCUT2D eigenvalue weighted by atomic mass is 10.2. The molecule has 1 saturated heterocycles. The van der Waals surface area contributed by atoms with Crippen molar-refractivity contribution in [2.24, 2.45) is 0 Å². The van der Waals surface area contributed by atoms with E-state index >= 15 is 0 Å². The molecule has 1 atom stereocenters. The van der Waals surface area contributed by atoms with Gasteiger partial charge in [-0.2, -0.15) is 0 Å². The van der Waals surface area contributed by atoms with Crippen LogP contribution in [0.1, 0.15) is 49.4 Å². The number of thiocarbonyl (C=S) groups is 1. The number of benzene rings is 2. The molecule has 31 heavy (non-hydrogen) atoms. The Hall–Kier alpha value is -2.64. The molecule has 1 aliphatic heterocycles. The topological polar surface area (TPSA) is 68.8 Å². The summed E-state index contributed by atoms with van der Waals surface area (Å²) < 4.78 is 17.1. The van der Waals surface area contributed by atoms with Crippen LogP contribution in [0.4, 0.5) is 5.69 Å². The van der Waals surface area contributed by atoms with Gasteiger partial charge in [0.1, 0.15) is 18.1 Å². The molecule has 1 heterocycles. The minimum absolute atomic E-state index is 0.158. The molecule has 2 N–H and O–H groups in total. The molecule has 0 bridgehead atoms. The van der Waals surface area contributed by atoms with Crippen LogP contribution in [0.15, 0.2) is 48.5 Å². The summed E-state index contributed by atoms with van der Waals surface area (Å²) in [6, 6.07) is 14.5. The summed E-state index contributed by atoms with van der Waals surface area (Å²) in [5, 5.41) is 5.95. The Morgan fingerprint density at radius 3 is 2.71 bits per heavy atom. The first kappa shape index (κ1) is 23.0. The van der Waals surface area contributed by atoms with Gasteiger partial charge < -0.3 is 19.5 Å². The largest absolute Gasteiger partial charge is 0.494 e. The van der Waals surface area contributed by atoms with Crippen molar-refractivity contribution < 1.29 is 19.0 Å². The fourth-order valence-electron chi connectivity index (χ4n) is 3.21. The molecule has 1 aliphatic rings. The van der Waals surface area contributed by atoms with Crippen LogP contribution in [0.5, 0.6) is 11.5 Å². The predicted molar refractivity (Wildman–Crippen MR) is 126 cm³/mol. The quantitative estimate of drug-likeness (QED) is 0.401. The molecule has 1 amide bonds. The van der Waals surface area contributed by atoms with E-state index in [1.807, 2.05) is 24.3 Å². The number of carbonyl (C=O) groups excluding carboxylic acids is 1. The Kier molecular flexibility index (Phi) is 9.12. The molecule has 0 spiro atoms. The summed E-state index contributed by atoms with van der Waals surface area (Å²) in [6.07, 6.45) is 5.60. The summed E-state index contributed by atoms with van der Waals surface area (Å²) in [6.45, 7) is 4.18. The molecule has 3 rings (SSSR count). The van der Waals surface area contributed by atoms with Gasteiger partial charge in [0.15, 0.2) is 5.11 Å². The highest BCUT2D eigenvalue weighted by molar-refractivity contribution is 7.80. The fourth-order valence-corrected chi connectivity index (χ4v) is 3.42. The Bertz CT molecular complexity index is 851. The van der Waals surface area contributed by atoms with Crippen LogP contribution in [0.3, 0.4) is 0 Å². The van der Waals surface area contributed by atoms with Crippen LogP contribution in [-0.4, -0.2) is 36.9 Å². The molecule has 1 fully saturated rings. The van der Waals surface area contributed by atoms with Gasteiger partial charge in [0, 0.05) is 23.9 Å². The molecule has 2 aromatic rings. The monoisotopic (exact) mass is 442 g/mol. The maximum absolute atomic E-state index is 12.5. The molecule has 7 heteroatoms. The molecule has 166 valence electrons. The molecule has 6 nitrogen and oxygen atoms in total. The van der Waals surface area contributed by atoms with E-state index in [1.165, 1.54) is 0 Å². The van der Waals surface area contributed by atoms with Crippen molar-refractivity contribution in [2.75, 3.05) is 25.1 Å². The van der Waals surface area contributed by atoms with Gasteiger partial charge in [0.2, 0.25) is 0 Å². The van der Waals surface area contributed by atoms with Gasteiger partial charge in [-0.25, -0.2) is 0 Å². The SMILES string of the molecule is CCCCCOc1ccc(C(=O)NC(=S)Nc2cccc(OCC3CCCO3)c2)cc1. The minimum Gasteiger partial charge on any atom is -0.494 e. The van der Waals surface area contributed by atoms with Gasteiger partial charge in [-0.1, -0.05) is 25.8 Å². The first-order valence-electron chi connectivity index (χ1n) is 10.8. The Labute approximate surface area is 189 Å². The van der Waals surface area contributed by atoms with Gasteiger partial charge in [-0.3, -0.25) is 10.1 Å². The number of rotatable bonds is 10. The highest BCUT2D eigenvalue weighted by Gasteiger charge is 2.16. The summed E-state index contributed by atoms with van der Waals surface area (Å²) in [4.78, 5) is 12.5. The number of nitrogens with one attached hydrogen (secondary N) is 2. The average Bonchev–Trinajstić information content (AvgIpc) is 3.30. The zero-order valence-corrected chi connectivity index (χ0v) is 18.7. The van der Waals surface area contributed by atoms with E-state index in [0.717, 1.165) is 55.9 Å². The highest BCUT2D eigenvalue weighted by atomic mass is 32.1. The molecule has 2 aromatic carbocycles. The van der Waals surface area contributed by atoms with Gasteiger partial charge in [0.05, 0.1) is 12.7 Å². The summed E-state index contributed by atoms with van der Waals surface area (Å²) in [5.41, 5.74) is 1.25. The van der Waals surface area contributed by atoms with Gasteiger partial charge in [0.25, 0.3) is 5.91 Å². The lowest BCUT2D eigenvalue weighted by Crippen LogP contribution is -2.34. The second kappa shape index (κ2) is 12.3. The van der Waals surface area contributed by atoms with E-state index in [0.29, 0.717) is 18.8 Å². The zero-order chi connectivity index (χ0) is 21.9. The van der Waals surface area contributed by atoms with Crippen molar-refractivity contribution in [1.29, 1.82) is 0 Å². The molecular formula is C24H30N2O4S. The molecular weight excluding hydrogens is 412 g/mol. The first-order chi connectivity index (χ1) is 15.1. The summed E-state index contributed by atoms with van der Waals surface area (Å²) in [7, 11) is 0. The first-order valence-corrected chi connectivity index (χ1v) is 11.2. The number of ether oxygens (including phenoxy) is 3. The normalized spacial score (nSPS) is 15.3. The van der Waals surface area contributed by atoms with E-state index in [1.54, 1.807) is 24.3 Å². The third-order valence-corrected chi connectivity index (χ3v) is 5.12. The van der Waals surface area contributed by atoms with Gasteiger partial charge in [-0.05, 0) is 67.9 Å². The van der Waals surface area contributed by atoms with Crippen LogP contribution >= 0.6 is 12.2 Å². The number of hydrogen-bond acceptors (Lipinski definition) is 5. The van der Waals surface area contributed by atoms with E-state index in [2.05, 4.69) is 17.6 Å². The Balaban J connectivity index is 1.45. The minimum atomic E-state index is -0.277.